The Balaban J connectivity index is 2.04. The summed E-state index contributed by atoms with van der Waals surface area (Å²) < 4.78 is 31.7. The van der Waals surface area contributed by atoms with Gasteiger partial charge in [-0.3, -0.25) is 4.79 Å². The highest BCUT2D eigenvalue weighted by molar-refractivity contribution is 7.89. The predicted molar refractivity (Wildman–Crippen MR) is 99.6 cm³/mol. The summed E-state index contributed by atoms with van der Waals surface area (Å²) in [7, 11) is -2.56. The van der Waals surface area contributed by atoms with Crippen molar-refractivity contribution < 1.29 is 22.7 Å². The number of hydrogen-bond acceptors (Lipinski definition) is 6. The van der Waals surface area contributed by atoms with Gasteiger partial charge in [0.25, 0.3) is 0 Å². The molecular formula is C17H26N2O5S2. The van der Waals surface area contributed by atoms with Gasteiger partial charge in [-0.15, -0.1) is 11.3 Å². The highest BCUT2D eigenvalue weighted by Gasteiger charge is 2.35. The minimum atomic E-state index is -3.78. The molecule has 146 valence electrons. The molecule has 0 spiro atoms. The summed E-state index contributed by atoms with van der Waals surface area (Å²) in [5.74, 6) is -0.524. The van der Waals surface area contributed by atoms with Crippen molar-refractivity contribution >= 4 is 33.2 Å². The van der Waals surface area contributed by atoms with Crippen molar-refractivity contribution in [3.63, 3.8) is 0 Å². The fourth-order valence-electron chi connectivity index (χ4n) is 2.75. The lowest BCUT2D eigenvalue weighted by Gasteiger charge is -2.31. The number of piperidine rings is 1. The van der Waals surface area contributed by atoms with Crippen LogP contribution >= 0.6 is 11.3 Å². The van der Waals surface area contributed by atoms with Gasteiger partial charge >= 0.3 is 5.97 Å². The first-order chi connectivity index (χ1) is 12.2. The number of ether oxygens (including phenoxy) is 1. The van der Waals surface area contributed by atoms with Gasteiger partial charge in [0, 0.05) is 25.0 Å². The van der Waals surface area contributed by atoms with E-state index in [9.17, 15) is 18.0 Å². The number of rotatable bonds is 6. The lowest BCUT2D eigenvalue weighted by molar-refractivity contribution is -0.127. The van der Waals surface area contributed by atoms with Gasteiger partial charge in [0.1, 0.15) is 9.77 Å². The summed E-state index contributed by atoms with van der Waals surface area (Å²) in [5, 5.41) is 4.56. The van der Waals surface area contributed by atoms with Crippen molar-refractivity contribution in [2.45, 2.75) is 44.6 Å². The van der Waals surface area contributed by atoms with Crippen molar-refractivity contribution in [2.75, 3.05) is 20.2 Å². The van der Waals surface area contributed by atoms with E-state index < -0.39 is 16.0 Å². The van der Waals surface area contributed by atoms with Crippen LogP contribution in [0.5, 0.6) is 0 Å². The van der Waals surface area contributed by atoms with E-state index >= 15 is 0 Å². The Kier molecular flexibility index (Phi) is 6.81. The van der Waals surface area contributed by atoms with Crippen molar-refractivity contribution in [3.8, 4) is 0 Å². The number of esters is 1. The van der Waals surface area contributed by atoms with E-state index in [-0.39, 0.29) is 40.7 Å². The average Bonchev–Trinajstić information content (AvgIpc) is 3.11. The molecule has 1 fully saturated rings. The summed E-state index contributed by atoms with van der Waals surface area (Å²) in [6.07, 6.45) is 0.932. The van der Waals surface area contributed by atoms with Crippen molar-refractivity contribution in [1.29, 1.82) is 0 Å². The molecule has 1 unspecified atom stereocenters. The van der Waals surface area contributed by atoms with Crippen molar-refractivity contribution in [3.05, 3.63) is 16.3 Å². The fourth-order valence-corrected chi connectivity index (χ4v) is 5.53. The number of nitrogens with zero attached hydrogens (tertiary/aromatic N) is 1. The van der Waals surface area contributed by atoms with Crippen LogP contribution in [0.3, 0.4) is 0 Å². The summed E-state index contributed by atoms with van der Waals surface area (Å²) >= 11 is 1.04. The van der Waals surface area contributed by atoms with Crippen molar-refractivity contribution in [1.82, 2.24) is 9.62 Å². The van der Waals surface area contributed by atoms with Crippen molar-refractivity contribution in [2.24, 2.45) is 11.8 Å². The SMILES string of the molecule is COC(=O)c1sccc1S(=O)(=O)N1CCC(C(=O)NC(C)C(C)C)CC1. The third kappa shape index (κ3) is 4.44. The minimum absolute atomic E-state index is 0.0194. The zero-order valence-corrected chi connectivity index (χ0v) is 17.2. The summed E-state index contributed by atoms with van der Waals surface area (Å²) in [4.78, 5) is 24.2. The molecular weight excluding hydrogens is 376 g/mol. The molecule has 0 bridgehead atoms. The highest BCUT2D eigenvalue weighted by atomic mass is 32.2. The Labute approximate surface area is 158 Å². The van der Waals surface area contributed by atoms with Gasteiger partial charge in [0.2, 0.25) is 15.9 Å². The van der Waals surface area contributed by atoms with Crippen LogP contribution in [0.15, 0.2) is 16.3 Å². The van der Waals surface area contributed by atoms with Crippen LogP contribution in [0, 0.1) is 11.8 Å². The highest BCUT2D eigenvalue weighted by Crippen LogP contribution is 2.29. The molecule has 1 saturated heterocycles. The molecule has 0 aliphatic carbocycles. The first-order valence-corrected chi connectivity index (χ1v) is 11.0. The molecule has 9 heteroatoms. The molecule has 1 amide bonds. The smallest absolute Gasteiger partial charge is 0.349 e. The number of nitrogens with one attached hydrogen (secondary N) is 1. The third-order valence-corrected chi connectivity index (χ3v) is 7.78. The van der Waals surface area contributed by atoms with Gasteiger partial charge in [-0.2, -0.15) is 4.31 Å². The maximum Gasteiger partial charge on any atom is 0.349 e. The number of carbonyl (C=O) groups is 2. The van der Waals surface area contributed by atoms with Crippen LogP contribution in [0.2, 0.25) is 0 Å². The van der Waals surface area contributed by atoms with Gasteiger partial charge in [0.15, 0.2) is 0 Å². The van der Waals surface area contributed by atoms with E-state index in [1.807, 2.05) is 20.8 Å². The van der Waals surface area contributed by atoms with Crippen LogP contribution in [0.25, 0.3) is 0 Å². The zero-order chi connectivity index (χ0) is 19.5. The summed E-state index contributed by atoms with van der Waals surface area (Å²) in [6.45, 7) is 6.56. The second kappa shape index (κ2) is 8.49. The standard InChI is InChI=1S/C17H26N2O5S2/c1-11(2)12(3)18-16(20)13-5-8-19(9-6-13)26(22,23)14-7-10-25-15(14)17(21)24-4/h7,10-13H,5-6,8-9H2,1-4H3,(H,18,20). The number of sulfonamides is 1. The van der Waals surface area contributed by atoms with Gasteiger partial charge < -0.3 is 10.1 Å². The van der Waals surface area contributed by atoms with Crippen LogP contribution in [0.1, 0.15) is 43.3 Å². The average molecular weight is 403 g/mol. The molecule has 26 heavy (non-hydrogen) atoms. The molecule has 0 saturated carbocycles. The molecule has 2 heterocycles. The molecule has 0 aromatic carbocycles. The topological polar surface area (TPSA) is 92.8 Å². The van der Waals surface area contributed by atoms with E-state index in [1.165, 1.54) is 17.5 Å². The molecule has 2 rings (SSSR count). The van der Waals surface area contributed by atoms with Crippen LogP contribution < -0.4 is 5.32 Å². The number of amides is 1. The maximum atomic E-state index is 12.9. The Bertz CT molecular complexity index is 749. The lowest BCUT2D eigenvalue weighted by Crippen LogP contribution is -2.45. The van der Waals surface area contributed by atoms with Gasteiger partial charge in [-0.25, -0.2) is 13.2 Å². The quantitative estimate of drug-likeness (QED) is 0.736. The largest absolute Gasteiger partial charge is 0.465 e. The maximum absolute atomic E-state index is 12.9. The summed E-state index contributed by atoms with van der Waals surface area (Å²) in [5.41, 5.74) is 0. The first-order valence-electron chi connectivity index (χ1n) is 8.64. The second-order valence-corrected chi connectivity index (χ2v) is 9.65. The van der Waals surface area contributed by atoms with Crippen LogP contribution in [0.4, 0.5) is 0 Å². The molecule has 1 aliphatic heterocycles. The van der Waals surface area contributed by atoms with E-state index in [4.69, 9.17) is 0 Å². The van der Waals surface area contributed by atoms with E-state index in [0.717, 1.165) is 11.3 Å². The van der Waals surface area contributed by atoms with Gasteiger partial charge in [0.05, 0.1) is 7.11 Å². The Morgan fingerprint density at radius 1 is 1.27 bits per heavy atom. The monoisotopic (exact) mass is 402 g/mol. The zero-order valence-electron chi connectivity index (χ0n) is 15.5. The third-order valence-electron chi connectivity index (χ3n) is 4.81. The molecule has 0 radical (unpaired) electrons. The predicted octanol–water partition coefficient (Wildman–Crippen LogP) is 2.10. The molecule has 7 nitrogen and oxygen atoms in total. The molecule has 1 aromatic rings. The summed E-state index contributed by atoms with van der Waals surface area (Å²) in [6, 6.07) is 1.51. The van der Waals surface area contributed by atoms with E-state index in [0.29, 0.717) is 18.8 Å². The first kappa shape index (κ1) is 20.9. The molecule has 1 atom stereocenters. The van der Waals surface area contributed by atoms with Crippen LogP contribution in [-0.2, 0) is 19.6 Å². The number of carbonyl (C=O) groups excluding carboxylic acids is 2. The second-order valence-electron chi connectivity index (χ2n) is 6.83. The number of thiophene rings is 1. The van der Waals surface area contributed by atoms with Gasteiger partial charge in [-0.05, 0) is 37.1 Å². The Hall–Kier alpha value is -1.45. The lowest BCUT2D eigenvalue weighted by atomic mass is 9.96. The minimum Gasteiger partial charge on any atom is -0.465 e. The Morgan fingerprint density at radius 2 is 1.88 bits per heavy atom. The van der Waals surface area contributed by atoms with Gasteiger partial charge in [-0.1, -0.05) is 13.8 Å². The number of hydrogen-bond donors (Lipinski definition) is 1. The van der Waals surface area contributed by atoms with E-state index in [1.54, 1.807) is 5.38 Å². The Morgan fingerprint density at radius 3 is 2.42 bits per heavy atom. The molecule has 1 N–H and O–H groups in total. The normalized spacial score (nSPS) is 17.9. The molecule has 1 aliphatic rings. The van der Waals surface area contributed by atoms with Crippen LogP contribution in [-0.4, -0.2) is 50.8 Å². The number of methoxy groups -OCH3 is 1. The van der Waals surface area contributed by atoms with E-state index in [2.05, 4.69) is 10.1 Å². The molecule has 1 aromatic heterocycles. The fraction of sp³-hybridized carbons (Fsp3) is 0.647.